The third-order valence-corrected chi connectivity index (χ3v) is 2.35. The molecule has 0 radical (unpaired) electrons. The lowest BCUT2D eigenvalue weighted by Crippen LogP contribution is -2.21. The lowest BCUT2D eigenvalue weighted by Gasteiger charge is -2.18. The smallest absolute Gasteiger partial charge is 0.159 e. The summed E-state index contributed by atoms with van der Waals surface area (Å²) in [7, 11) is 0. The molecule has 0 aliphatic carbocycles. The van der Waals surface area contributed by atoms with Crippen molar-refractivity contribution in [3.63, 3.8) is 0 Å². The fraction of sp³-hybridized carbons (Fsp3) is 0.385. The largest absolute Gasteiger partial charge is 0.310 e. The molecule has 1 aromatic carbocycles. The maximum atomic E-state index is 13.1. The minimum atomic E-state index is -0.811. The summed E-state index contributed by atoms with van der Waals surface area (Å²) in [6, 6.07) is 4.01. The van der Waals surface area contributed by atoms with E-state index in [1.807, 2.05) is 13.8 Å². The Labute approximate surface area is 95.2 Å². The van der Waals surface area contributed by atoms with Crippen molar-refractivity contribution in [1.29, 1.82) is 0 Å². The second kappa shape index (κ2) is 5.75. The van der Waals surface area contributed by atoms with E-state index in [4.69, 9.17) is 0 Å². The lowest BCUT2D eigenvalue weighted by molar-refractivity contribution is 0.497. The zero-order valence-corrected chi connectivity index (χ0v) is 9.69. The first-order valence-electron chi connectivity index (χ1n) is 5.37. The van der Waals surface area contributed by atoms with Gasteiger partial charge in [0.25, 0.3) is 0 Å². The molecule has 3 heteroatoms. The van der Waals surface area contributed by atoms with Gasteiger partial charge >= 0.3 is 0 Å². The molecule has 0 amide bonds. The highest BCUT2D eigenvalue weighted by Gasteiger charge is 2.12. The molecule has 0 spiro atoms. The molecular weight excluding hydrogens is 208 g/mol. The molecule has 1 aromatic rings. The topological polar surface area (TPSA) is 12.0 Å². The second-order valence-electron chi connectivity index (χ2n) is 3.95. The van der Waals surface area contributed by atoms with Crippen LogP contribution in [-0.2, 0) is 0 Å². The average Bonchev–Trinajstić information content (AvgIpc) is 2.21. The molecule has 0 heterocycles. The molecule has 0 saturated carbocycles. The minimum Gasteiger partial charge on any atom is -0.310 e. The minimum absolute atomic E-state index is 0.00222. The normalized spacial score (nSPS) is 12.5. The SMILES string of the molecule is C=C(C)CC(NCC)c1ccc(F)c(F)c1. The van der Waals surface area contributed by atoms with Crippen LogP contribution in [0.25, 0.3) is 0 Å². The van der Waals surface area contributed by atoms with Crippen molar-refractivity contribution in [3.05, 3.63) is 47.5 Å². The van der Waals surface area contributed by atoms with E-state index in [1.54, 1.807) is 6.07 Å². The fourth-order valence-electron chi connectivity index (χ4n) is 1.63. The summed E-state index contributed by atoms with van der Waals surface area (Å²) in [6.45, 7) is 8.51. The number of halogens is 2. The third-order valence-electron chi connectivity index (χ3n) is 2.35. The Morgan fingerprint density at radius 1 is 1.38 bits per heavy atom. The Hall–Kier alpha value is -1.22. The number of rotatable bonds is 5. The van der Waals surface area contributed by atoms with E-state index in [-0.39, 0.29) is 6.04 Å². The van der Waals surface area contributed by atoms with Gasteiger partial charge in [-0.2, -0.15) is 0 Å². The van der Waals surface area contributed by atoms with Crippen molar-refractivity contribution < 1.29 is 8.78 Å². The van der Waals surface area contributed by atoms with Gasteiger partial charge in [0.2, 0.25) is 0 Å². The van der Waals surface area contributed by atoms with E-state index in [1.165, 1.54) is 6.07 Å². The summed E-state index contributed by atoms with van der Waals surface area (Å²) in [5.74, 6) is -1.61. The van der Waals surface area contributed by atoms with Crippen molar-refractivity contribution in [1.82, 2.24) is 5.32 Å². The van der Waals surface area contributed by atoms with E-state index in [2.05, 4.69) is 11.9 Å². The molecule has 88 valence electrons. The van der Waals surface area contributed by atoms with E-state index >= 15 is 0 Å². The van der Waals surface area contributed by atoms with Crippen LogP contribution < -0.4 is 5.32 Å². The van der Waals surface area contributed by atoms with E-state index in [0.717, 1.165) is 30.2 Å². The van der Waals surface area contributed by atoms with Gasteiger partial charge in [0, 0.05) is 6.04 Å². The molecule has 1 atom stereocenters. The van der Waals surface area contributed by atoms with Gasteiger partial charge in [-0.25, -0.2) is 8.78 Å². The number of hydrogen-bond donors (Lipinski definition) is 1. The number of nitrogens with one attached hydrogen (secondary N) is 1. The maximum Gasteiger partial charge on any atom is 0.159 e. The molecule has 0 aromatic heterocycles. The van der Waals surface area contributed by atoms with Crippen molar-refractivity contribution in [2.75, 3.05) is 6.54 Å². The summed E-state index contributed by atoms with van der Waals surface area (Å²) >= 11 is 0. The van der Waals surface area contributed by atoms with Gasteiger partial charge in [0.1, 0.15) is 0 Å². The second-order valence-corrected chi connectivity index (χ2v) is 3.95. The summed E-state index contributed by atoms with van der Waals surface area (Å²) in [5, 5.41) is 3.23. The molecule has 0 fully saturated rings. The van der Waals surface area contributed by atoms with Crippen LogP contribution in [0.5, 0.6) is 0 Å². The maximum absolute atomic E-state index is 13.1. The van der Waals surface area contributed by atoms with Crippen molar-refractivity contribution >= 4 is 0 Å². The molecule has 16 heavy (non-hydrogen) atoms. The Morgan fingerprint density at radius 2 is 2.06 bits per heavy atom. The summed E-state index contributed by atoms with van der Waals surface area (Å²) < 4.78 is 25.9. The molecular formula is C13H17F2N. The average molecular weight is 225 g/mol. The quantitative estimate of drug-likeness (QED) is 0.755. The van der Waals surface area contributed by atoms with Crippen molar-refractivity contribution in [3.8, 4) is 0 Å². The van der Waals surface area contributed by atoms with Crippen molar-refractivity contribution in [2.24, 2.45) is 0 Å². The first-order valence-corrected chi connectivity index (χ1v) is 5.37. The Morgan fingerprint density at radius 3 is 2.56 bits per heavy atom. The molecule has 0 aliphatic rings. The standard InChI is InChI=1S/C13H17F2N/c1-4-16-13(7-9(2)3)10-5-6-11(14)12(15)8-10/h5-6,8,13,16H,2,4,7H2,1,3H3. The van der Waals surface area contributed by atoms with Gasteiger partial charge < -0.3 is 5.32 Å². The first kappa shape index (κ1) is 12.8. The van der Waals surface area contributed by atoms with Gasteiger partial charge in [0.05, 0.1) is 0 Å². The highest BCUT2D eigenvalue weighted by molar-refractivity contribution is 5.22. The van der Waals surface area contributed by atoms with Gasteiger partial charge in [-0.1, -0.05) is 18.6 Å². The van der Waals surface area contributed by atoms with Gasteiger partial charge in [0.15, 0.2) is 11.6 Å². The van der Waals surface area contributed by atoms with Gasteiger partial charge in [-0.3, -0.25) is 0 Å². The van der Waals surface area contributed by atoms with E-state index in [9.17, 15) is 8.78 Å². The summed E-state index contributed by atoms with van der Waals surface area (Å²) in [4.78, 5) is 0. The molecule has 1 rings (SSSR count). The predicted octanol–water partition coefficient (Wildman–Crippen LogP) is 3.58. The van der Waals surface area contributed by atoms with Crippen LogP contribution in [0.15, 0.2) is 30.4 Å². The van der Waals surface area contributed by atoms with Crippen molar-refractivity contribution in [2.45, 2.75) is 26.3 Å². The van der Waals surface area contributed by atoms with Crippen LogP contribution in [0.2, 0.25) is 0 Å². The zero-order valence-electron chi connectivity index (χ0n) is 9.69. The molecule has 0 aliphatic heterocycles. The first-order chi connectivity index (χ1) is 7.54. The molecule has 1 N–H and O–H groups in total. The third kappa shape index (κ3) is 3.42. The number of benzene rings is 1. The molecule has 0 bridgehead atoms. The highest BCUT2D eigenvalue weighted by atomic mass is 19.2. The van der Waals surface area contributed by atoms with Gasteiger partial charge in [-0.15, -0.1) is 6.58 Å². The molecule has 1 unspecified atom stereocenters. The van der Waals surface area contributed by atoms with Crippen LogP contribution >= 0.6 is 0 Å². The monoisotopic (exact) mass is 225 g/mol. The fourth-order valence-corrected chi connectivity index (χ4v) is 1.63. The van der Waals surface area contributed by atoms with Crippen LogP contribution in [0.3, 0.4) is 0 Å². The Kier molecular flexibility index (Phi) is 4.62. The zero-order chi connectivity index (χ0) is 12.1. The summed E-state index contributed by atoms with van der Waals surface area (Å²) in [5.41, 5.74) is 1.76. The van der Waals surface area contributed by atoms with Crippen LogP contribution in [0, 0.1) is 11.6 Å². The number of hydrogen-bond acceptors (Lipinski definition) is 1. The summed E-state index contributed by atoms with van der Waals surface area (Å²) in [6.07, 6.45) is 0.721. The Bertz CT molecular complexity index is 374. The molecule has 1 nitrogen and oxygen atoms in total. The van der Waals surface area contributed by atoms with Crippen LogP contribution in [0.4, 0.5) is 8.78 Å². The highest BCUT2D eigenvalue weighted by Crippen LogP contribution is 2.21. The predicted molar refractivity (Wildman–Crippen MR) is 62.2 cm³/mol. The lowest BCUT2D eigenvalue weighted by atomic mass is 10.00. The van der Waals surface area contributed by atoms with E-state index in [0.29, 0.717) is 0 Å². The van der Waals surface area contributed by atoms with E-state index < -0.39 is 11.6 Å². The molecule has 0 saturated heterocycles. The Balaban J connectivity index is 2.91. The van der Waals surface area contributed by atoms with Crippen LogP contribution in [-0.4, -0.2) is 6.54 Å². The van der Waals surface area contributed by atoms with Crippen LogP contribution in [0.1, 0.15) is 31.9 Å². The van der Waals surface area contributed by atoms with Gasteiger partial charge in [-0.05, 0) is 37.6 Å².